The predicted octanol–water partition coefficient (Wildman–Crippen LogP) is 4.03. The van der Waals surface area contributed by atoms with Gasteiger partial charge in [-0.15, -0.1) is 0 Å². The number of nitrogens with zero attached hydrogens (tertiary/aromatic N) is 7. The van der Waals surface area contributed by atoms with Crippen LogP contribution in [0.15, 0.2) is 42.7 Å². The zero-order chi connectivity index (χ0) is 36.1. The number of aryl methyl sites for hydroxylation is 1. The number of benzene rings is 2. The summed E-state index contributed by atoms with van der Waals surface area (Å²) < 4.78 is 38.6. The maximum atomic E-state index is 15.7. The number of aromatic nitrogens is 2. The smallest absolute Gasteiger partial charge is 0.281 e. The normalized spacial score (nSPS) is 22.0. The Labute approximate surface area is 296 Å². The summed E-state index contributed by atoms with van der Waals surface area (Å²) in [6, 6.07) is 8.04. The van der Waals surface area contributed by atoms with E-state index in [1.165, 1.54) is 0 Å². The molecule has 2 saturated heterocycles. The molecule has 1 unspecified atom stereocenters. The van der Waals surface area contributed by atoms with Gasteiger partial charge in [0.05, 0.1) is 49.2 Å². The zero-order valence-corrected chi connectivity index (χ0v) is 30.1. The van der Waals surface area contributed by atoms with E-state index in [9.17, 15) is 14.7 Å². The molecule has 50 heavy (non-hydrogen) atoms. The molecule has 0 aliphatic carbocycles. The lowest BCUT2D eigenvalue weighted by atomic mass is 10.0. The molecule has 3 aromatic rings. The van der Waals surface area contributed by atoms with Gasteiger partial charge in [0.1, 0.15) is 18.8 Å². The van der Waals surface area contributed by atoms with Crippen LogP contribution in [0.2, 0.25) is 5.02 Å². The minimum absolute atomic E-state index is 0.0116. The molecule has 2 amide bonds. The van der Waals surface area contributed by atoms with Crippen LogP contribution in [0.1, 0.15) is 35.0 Å². The number of rotatable bonds is 8. The molecule has 11 nitrogen and oxygen atoms in total. The Balaban J connectivity index is 1.16. The van der Waals surface area contributed by atoms with Gasteiger partial charge in [-0.25, -0.2) is 8.78 Å². The fourth-order valence-corrected chi connectivity index (χ4v) is 7.60. The van der Waals surface area contributed by atoms with Crippen molar-refractivity contribution in [3.8, 4) is 11.1 Å². The third-order valence-electron chi connectivity index (χ3n) is 10.4. The number of halogens is 3. The van der Waals surface area contributed by atoms with Gasteiger partial charge in [0.2, 0.25) is 0 Å². The van der Waals surface area contributed by atoms with E-state index in [2.05, 4.69) is 5.10 Å². The quantitative estimate of drug-likeness (QED) is 0.353. The van der Waals surface area contributed by atoms with Crippen LogP contribution in [0.4, 0.5) is 14.5 Å². The first kappa shape index (κ1) is 35.8. The largest absolute Gasteiger partial charge is 0.387 e. The van der Waals surface area contributed by atoms with E-state index in [4.69, 9.17) is 16.3 Å². The maximum absolute atomic E-state index is 15.7. The van der Waals surface area contributed by atoms with Crippen LogP contribution >= 0.6 is 11.6 Å². The molecule has 0 saturated carbocycles. The van der Waals surface area contributed by atoms with Crippen molar-refractivity contribution in [2.24, 2.45) is 0 Å². The Kier molecular flexibility index (Phi) is 9.97. The van der Waals surface area contributed by atoms with Crippen LogP contribution in [-0.2, 0) is 16.1 Å². The summed E-state index contributed by atoms with van der Waals surface area (Å²) in [7, 11) is 7.32. The first-order valence-electron chi connectivity index (χ1n) is 16.8. The molecule has 3 aliphatic heterocycles. The third kappa shape index (κ3) is 6.59. The third-order valence-corrected chi connectivity index (χ3v) is 10.7. The Bertz CT molecular complexity index is 1820. The number of methoxy groups -OCH3 is 1. The Morgan fingerprint density at radius 3 is 2.34 bits per heavy atom. The van der Waals surface area contributed by atoms with Gasteiger partial charge in [0.15, 0.2) is 17.7 Å². The monoisotopic (exact) mass is 712 g/mol. The van der Waals surface area contributed by atoms with Gasteiger partial charge in [-0.2, -0.15) is 5.10 Å². The summed E-state index contributed by atoms with van der Waals surface area (Å²) in [5.41, 5.74) is 2.88. The number of quaternary nitrogens is 1. The molecule has 1 aromatic heterocycles. The number of aliphatic hydroxyl groups is 1. The number of likely N-dealkylation sites (tertiary alicyclic amines) is 1. The lowest BCUT2D eigenvalue weighted by Gasteiger charge is -2.38. The fraction of sp³-hybridized carbons (Fsp3) is 0.472. The molecule has 2 aromatic carbocycles. The standard InChI is InChI=1S/C36H45ClF2N7O4/c1-22-29(19-44(40-22)15-16-50-6)26-9-10-28(34(39)33(26)38)31-20-45(23(2)41(31)3)24-7-8-27(30(37)17-24)35(48)42-11-13-43(14-12-42)36(49)32-18-25(47)21-46(32,4)5/h7-10,17,19-20,23,25,32,47H,11-16,18,21H2,1-6H3/q+1/t23?,25-,32-/m0/s1. The SMILES string of the molecule is COCCn1cc(-c2ccc(C3=CN(c4ccc(C(=O)N5CCN(C(=O)[C@@H]6C[C@H](O)C[N+]6(C)C)CC5)c(Cl)c4)C(C)N3C)c(F)c2F)c(C)n1. The van der Waals surface area contributed by atoms with E-state index in [1.54, 1.807) is 71.2 Å². The lowest BCUT2D eigenvalue weighted by Crippen LogP contribution is -2.58. The van der Waals surface area contributed by atoms with Gasteiger partial charge in [-0.3, -0.25) is 14.3 Å². The molecule has 2 fully saturated rings. The van der Waals surface area contributed by atoms with Gasteiger partial charge < -0.3 is 33.9 Å². The van der Waals surface area contributed by atoms with Crippen molar-refractivity contribution < 1.29 is 32.7 Å². The molecule has 0 spiro atoms. The molecule has 268 valence electrons. The average molecular weight is 713 g/mol. The van der Waals surface area contributed by atoms with Crippen molar-refractivity contribution in [3.63, 3.8) is 0 Å². The molecule has 3 aliphatic rings. The number of likely N-dealkylation sites (N-methyl/N-ethyl adjacent to an activating group) is 1. The summed E-state index contributed by atoms with van der Waals surface area (Å²) in [5, 5.41) is 14.8. The minimum atomic E-state index is -0.955. The molecule has 0 radical (unpaired) electrons. The fourth-order valence-electron chi connectivity index (χ4n) is 7.34. The highest BCUT2D eigenvalue weighted by molar-refractivity contribution is 6.34. The van der Waals surface area contributed by atoms with Crippen LogP contribution in [0.3, 0.4) is 0 Å². The number of piperazine rings is 1. The summed E-state index contributed by atoms with van der Waals surface area (Å²) in [6.07, 6.45) is 3.13. The molecule has 1 N–H and O–H groups in total. The maximum Gasteiger partial charge on any atom is 0.281 e. The molecular formula is C36H45ClF2N7O4+. The first-order valence-corrected chi connectivity index (χ1v) is 17.2. The van der Waals surface area contributed by atoms with Crippen molar-refractivity contribution >= 4 is 34.8 Å². The van der Waals surface area contributed by atoms with E-state index in [1.807, 2.05) is 37.9 Å². The summed E-state index contributed by atoms with van der Waals surface area (Å²) in [5.74, 6) is -2.12. The molecule has 14 heteroatoms. The Hall–Kier alpha value is -4.04. The van der Waals surface area contributed by atoms with E-state index < -0.39 is 17.7 Å². The van der Waals surface area contributed by atoms with E-state index in [0.717, 1.165) is 0 Å². The number of aliphatic hydroxyl groups excluding tert-OH is 1. The van der Waals surface area contributed by atoms with Gasteiger partial charge in [-0.1, -0.05) is 17.7 Å². The Morgan fingerprint density at radius 1 is 1.04 bits per heavy atom. The highest BCUT2D eigenvalue weighted by Gasteiger charge is 2.46. The average Bonchev–Trinajstić information content (AvgIpc) is 3.70. The molecular weight excluding hydrogens is 668 g/mol. The van der Waals surface area contributed by atoms with Crippen LogP contribution < -0.4 is 4.90 Å². The summed E-state index contributed by atoms with van der Waals surface area (Å²) in [6.45, 7) is 6.75. The minimum Gasteiger partial charge on any atom is -0.387 e. The predicted molar refractivity (Wildman–Crippen MR) is 187 cm³/mol. The lowest BCUT2D eigenvalue weighted by molar-refractivity contribution is -0.894. The molecule has 4 heterocycles. The van der Waals surface area contributed by atoms with Crippen molar-refractivity contribution in [1.29, 1.82) is 0 Å². The molecule has 3 atom stereocenters. The number of ether oxygens (including phenoxy) is 1. The highest BCUT2D eigenvalue weighted by Crippen LogP contribution is 2.38. The number of hydrogen-bond acceptors (Lipinski definition) is 7. The van der Waals surface area contributed by atoms with E-state index in [-0.39, 0.29) is 40.2 Å². The molecule has 6 rings (SSSR count). The van der Waals surface area contributed by atoms with Crippen molar-refractivity contribution in [2.45, 2.75) is 45.1 Å². The number of carbonyl (C=O) groups is 2. The second-order valence-corrected chi connectivity index (χ2v) is 14.4. The number of amides is 2. The number of hydrogen-bond donors (Lipinski definition) is 1. The summed E-state index contributed by atoms with van der Waals surface area (Å²) in [4.78, 5) is 34.0. The van der Waals surface area contributed by atoms with E-state index >= 15 is 8.78 Å². The number of anilines is 1. The second kappa shape index (κ2) is 13.9. The Morgan fingerprint density at radius 2 is 1.70 bits per heavy atom. The van der Waals surface area contributed by atoms with Gasteiger partial charge >= 0.3 is 0 Å². The van der Waals surface area contributed by atoms with Crippen molar-refractivity contribution in [1.82, 2.24) is 24.5 Å². The van der Waals surface area contributed by atoms with Crippen LogP contribution in [0.25, 0.3) is 16.8 Å². The second-order valence-electron chi connectivity index (χ2n) is 14.0. The van der Waals surface area contributed by atoms with Crippen LogP contribution in [0, 0.1) is 18.6 Å². The van der Waals surface area contributed by atoms with Gasteiger partial charge in [0, 0.05) is 81.5 Å². The summed E-state index contributed by atoms with van der Waals surface area (Å²) >= 11 is 6.71. The van der Waals surface area contributed by atoms with E-state index in [0.29, 0.717) is 85.0 Å². The van der Waals surface area contributed by atoms with Crippen LogP contribution in [-0.4, -0.2) is 132 Å². The first-order chi connectivity index (χ1) is 23.7. The van der Waals surface area contributed by atoms with Crippen molar-refractivity contribution in [3.05, 3.63) is 76.2 Å². The van der Waals surface area contributed by atoms with Gasteiger partial charge in [0.25, 0.3) is 11.8 Å². The van der Waals surface area contributed by atoms with Crippen molar-refractivity contribution in [2.75, 3.05) is 72.5 Å². The number of carbonyl (C=O) groups excluding carboxylic acids is 2. The zero-order valence-electron chi connectivity index (χ0n) is 29.4. The molecule has 0 bridgehead atoms. The topological polar surface area (TPSA) is 94.4 Å². The van der Waals surface area contributed by atoms with Crippen LogP contribution in [0.5, 0.6) is 0 Å². The van der Waals surface area contributed by atoms with Gasteiger partial charge in [-0.05, 0) is 38.1 Å². The highest BCUT2D eigenvalue weighted by atomic mass is 35.5.